The normalized spacial score (nSPS) is 32.6. The highest BCUT2D eigenvalue weighted by Gasteiger charge is 2.34. The minimum atomic E-state index is 0.164. The summed E-state index contributed by atoms with van der Waals surface area (Å²) in [4.78, 5) is 2.55. The smallest absolute Gasteiger partial charge is 0.0853 e. The maximum Gasteiger partial charge on any atom is 0.0853 e. The van der Waals surface area contributed by atoms with E-state index in [1.54, 1.807) is 7.11 Å². The van der Waals surface area contributed by atoms with Gasteiger partial charge in [0, 0.05) is 32.3 Å². The summed E-state index contributed by atoms with van der Waals surface area (Å²) >= 11 is 0. The molecule has 2 saturated heterocycles. The topological polar surface area (TPSA) is 47.7 Å². The van der Waals surface area contributed by atoms with Gasteiger partial charge in [0.2, 0.25) is 0 Å². The molecule has 2 heterocycles. The number of hydrogen-bond donors (Lipinski definition) is 1. The molecule has 2 fully saturated rings. The van der Waals surface area contributed by atoms with Crippen LogP contribution in [0.3, 0.4) is 0 Å². The van der Waals surface area contributed by atoms with Crippen molar-refractivity contribution in [1.29, 1.82) is 0 Å². The van der Waals surface area contributed by atoms with Gasteiger partial charge in [-0.3, -0.25) is 4.90 Å². The second kappa shape index (κ2) is 5.96. The summed E-state index contributed by atoms with van der Waals surface area (Å²) in [5, 5.41) is 0. The van der Waals surface area contributed by atoms with Crippen LogP contribution in [0, 0.1) is 0 Å². The number of fused-ring (bicyclic) bond motifs is 1. The first kappa shape index (κ1) is 12.3. The Labute approximate surface area is 98.1 Å². The SMILES string of the molecule is COCCCC(N)C1CN2CCCC2CO1. The van der Waals surface area contributed by atoms with Gasteiger partial charge in [-0.15, -0.1) is 0 Å². The van der Waals surface area contributed by atoms with E-state index in [2.05, 4.69) is 4.90 Å². The summed E-state index contributed by atoms with van der Waals surface area (Å²) in [7, 11) is 1.73. The Morgan fingerprint density at radius 2 is 2.44 bits per heavy atom. The van der Waals surface area contributed by atoms with Crippen molar-refractivity contribution in [2.24, 2.45) is 5.73 Å². The van der Waals surface area contributed by atoms with Crippen molar-refractivity contribution in [3.8, 4) is 0 Å². The summed E-state index contributed by atoms with van der Waals surface area (Å²) in [6, 6.07) is 0.833. The van der Waals surface area contributed by atoms with Crippen LogP contribution in [0.4, 0.5) is 0 Å². The van der Waals surface area contributed by atoms with Crippen LogP contribution in [-0.4, -0.2) is 56.5 Å². The minimum Gasteiger partial charge on any atom is -0.385 e. The number of rotatable bonds is 5. The molecular weight excluding hydrogens is 204 g/mol. The predicted octanol–water partition coefficient (Wildman–Crippen LogP) is 0.604. The Bertz CT molecular complexity index is 213. The molecule has 4 nitrogen and oxygen atoms in total. The van der Waals surface area contributed by atoms with Crippen LogP contribution in [0.2, 0.25) is 0 Å². The first-order valence-electron chi connectivity index (χ1n) is 6.41. The lowest BCUT2D eigenvalue weighted by atomic mass is 10.0. The van der Waals surface area contributed by atoms with E-state index in [1.165, 1.54) is 19.4 Å². The maximum atomic E-state index is 6.16. The van der Waals surface area contributed by atoms with Crippen LogP contribution >= 0.6 is 0 Å². The van der Waals surface area contributed by atoms with Crippen LogP contribution in [-0.2, 0) is 9.47 Å². The van der Waals surface area contributed by atoms with Gasteiger partial charge in [-0.05, 0) is 32.2 Å². The second-order valence-electron chi connectivity index (χ2n) is 4.96. The Kier molecular flexibility index (Phi) is 4.58. The zero-order valence-electron chi connectivity index (χ0n) is 10.2. The quantitative estimate of drug-likeness (QED) is 0.700. The van der Waals surface area contributed by atoms with Crippen molar-refractivity contribution in [3.63, 3.8) is 0 Å². The summed E-state index contributed by atoms with van der Waals surface area (Å²) in [5.74, 6) is 0. The third kappa shape index (κ3) is 2.94. The molecule has 3 unspecified atom stereocenters. The van der Waals surface area contributed by atoms with E-state index in [4.69, 9.17) is 15.2 Å². The number of nitrogens with two attached hydrogens (primary N) is 1. The third-order valence-corrected chi connectivity index (χ3v) is 3.78. The average Bonchev–Trinajstić information content (AvgIpc) is 2.76. The molecule has 0 bridgehead atoms. The average molecular weight is 228 g/mol. The van der Waals surface area contributed by atoms with E-state index in [0.29, 0.717) is 6.04 Å². The third-order valence-electron chi connectivity index (χ3n) is 3.78. The highest BCUT2D eigenvalue weighted by atomic mass is 16.5. The fourth-order valence-corrected chi connectivity index (χ4v) is 2.75. The lowest BCUT2D eigenvalue weighted by molar-refractivity contribution is -0.0607. The van der Waals surface area contributed by atoms with E-state index in [0.717, 1.165) is 32.6 Å². The van der Waals surface area contributed by atoms with E-state index < -0.39 is 0 Å². The van der Waals surface area contributed by atoms with Gasteiger partial charge in [-0.1, -0.05) is 0 Å². The maximum absolute atomic E-state index is 6.16. The number of methoxy groups -OCH3 is 1. The van der Waals surface area contributed by atoms with Crippen molar-refractivity contribution in [1.82, 2.24) is 4.90 Å². The molecule has 3 atom stereocenters. The van der Waals surface area contributed by atoms with Gasteiger partial charge in [0.15, 0.2) is 0 Å². The summed E-state index contributed by atoms with van der Waals surface area (Å²) in [6.07, 6.45) is 4.87. The zero-order valence-corrected chi connectivity index (χ0v) is 10.2. The van der Waals surface area contributed by atoms with E-state index in [9.17, 15) is 0 Å². The predicted molar refractivity (Wildman–Crippen MR) is 63.4 cm³/mol. The molecule has 0 saturated carbocycles. The van der Waals surface area contributed by atoms with Crippen molar-refractivity contribution >= 4 is 0 Å². The molecule has 0 aromatic carbocycles. The first-order valence-corrected chi connectivity index (χ1v) is 6.41. The number of morpholine rings is 1. The van der Waals surface area contributed by atoms with E-state index in [-0.39, 0.29) is 12.1 Å². The Balaban J connectivity index is 1.72. The molecule has 0 aromatic rings. The van der Waals surface area contributed by atoms with Gasteiger partial charge in [-0.2, -0.15) is 0 Å². The fraction of sp³-hybridized carbons (Fsp3) is 1.00. The molecule has 0 amide bonds. The molecule has 0 spiro atoms. The van der Waals surface area contributed by atoms with Crippen molar-refractivity contribution in [2.45, 2.75) is 43.9 Å². The lowest BCUT2D eigenvalue weighted by Gasteiger charge is -2.37. The van der Waals surface area contributed by atoms with Crippen molar-refractivity contribution in [2.75, 3.05) is 33.4 Å². The molecule has 2 aliphatic heterocycles. The van der Waals surface area contributed by atoms with Crippen molar-refractivity contribution in [3.05, 3.63) is 0 Å². The largest absolute Gasteiger partial charge is 0.385 e. The lowest BCUT2D eigenvalue weighted by Crippen LogP contribution is -2.52. The summed E-state index contributed by atoms with van der Waals surface area (Å²) in [6.45, 7) is 3.93. The van der Waals surface area contributed by atoms with Gasteiger partial charge < -0.3 is 15.2 Å². The van der Waals surface area contributed by atoms with E-state index >= 15 is 0 Å². The minimum absolute atomic E-state index is 0.164. The molecule has 4 heteroatoms. The highest BCUT2D eigenvalue weighted by molar-refractivity contribution is 4.88. The fourth-order valence-electron chi connectivity index (χ4n) is 2.75. The van der Waals surface area contributed by atoms with Crippen LogP contribution in [0.15, 0.2) is 0 Å². The first-order chi connectivity index (χ1) is 7.81. The Hall–Kier alpha value is -0.160. The molecule has 0 aliphatic carbocycles. The van der Waals surface area contributed by atoms with Crippen LogP contribution < -0.4 is 5.73 Å². The molecule has 2 aliphatic rings. The Morgan fingerprint density at radius 3 is 3.25 bits per heavy atom. The van der Waals surface area contributed by atoms with Crippen LogP contribution in [0.5, 0.6) is 0 Å². The molecule has 94 valence electrons. The van der Waals surface area contributed by atoms with Crippen LogP contribution in [0.1, 0.15) is 25.7 Å². The molecule has 2 rings (SSSR count). The molecule has 0 radical (unpaired) electrons. The standard InChI is InChI=1S/C12H24N2O2/c1-15-7-3-5-11(13)12-8-14-6-2-4-10(14)9-16-12/h10-12H,2-9,13H2,1H3. The summed E-state index contributed by atoms with van der Waals surface area (Å²) < 4.78 is 10.9. The van der Waals surface area contributed by atoms with Crippen LogP contribution in [0.25, 0.3) is 0 Å². The van der Waals surface area contributed by atoms with Gasteiger partial charge in [0.1, 0.15) is 0 Å². The Morgan fingerprint density at radius 1 is 1.56 bits per heavy atom. The molecule has 2 N–H and O–H groups in total. The number of ether oxygens (including phenoxy) is 2. The summed E-state index contributed by atoms with van der Waals surface area (Å²) in [5.41, 5.74) is 6.16. The molecule has 16 heavy (non-hydrogen) atoms. The van der Waals surface area contributed by atoms with Gasteiger partial charge >= 0.3 is 0 Å². The number of nitrogens with zero attached hydrogens (tertiary/aromatic N) is 1. The molecular formula is C12H24N2O2. The second-order valence-corrected chi connectivity index (χ2v) is 4.96. The monoisotopic (exact) mass is 228 g/mol. The zero-order chi connectivity index (χ0) is 11.4. The van der Waals surface area contributed by atoms with Gasteiger partial charge in [0.05, 0.1) is 12.7 Å². The highest BCUT2D eigenvalue weighted by Crippen LogP contribution is 2.24. The van der Waals surface area contributed by atoms with Gasteiger partial charge in [-0.25, -0.2) is 0 Å². The van der Waals surface area contributed by atoms with Gasteiger partial charge in [0.25, 0.3) is 0 Å². The number of hydrogen-bond acceptors (Lipinski definition) is 4. The van der Waals surface area contributed by atoms with Crippen molar-refractivity contribution < 1.29 is 9.47 Å². The molecule has 0 aromatic heterocycles. The van der Waals surface area contributed by atoms with E-state index in [1.807, 2.05) is 0 Å².